The van der Waals surface area contributed by atoms with Gasteiger partial charge in [-0.05, 0) is 0 Å². The molecule has 0 spiro atoms. The Labute approximate surface area is 186 Å². The summed E-state index contributed by atoms with van der Waals surface area (Å²) in [5.41, 5.74) is 0. The molecular weight excluding hydrogens is 424 g/mol. The van der Waals surface area contributed by atoms with E-state index in [2.05, 4.69) is 0 Å². The van der Waals surface area contributed by atoms with Crippen LogP contribution in [0.2, 0.25) is 0 Å². The van der Waals surface area contributed by atoms with Crippen LogP contribution in [0.4, 0.5) is 0 Å². The first kappa shape index (κ1) is 34.7. The molecule has 160 valence electrons. The SMILES string of the molecule is O.O=C([O-])C(=O)[C@@H](O)[C@H](O)[C@H](O)CO.O=C([O-])C(=O)[C@H](O)[C@@H](O)[C@@H](O)CO.[Ca+2]. The number of aliphatic hydroxyl groups is 8. The van der Waals surface area contributed by atoms with Crippen molar-refractivity contribution >= 4 is 61.2 Å². The summed E-state index contributed by atoms with van der Waals surface area (Å²) in [6.45, 7) is -1.81. The number of carboxylic acid groups (broad SMARTS) is 2. The molecule has 16 heteroatoms. The number of hydrogen-bond acceptors (Lipinski definition) is 14. The standard InChI is InChI=1S/2C6H10O7.Ca.H2O/c2*7-1-2(8)3(9)4(10)5(11)6(12)13;;/h2*2-4,7-10H,1H2,(H,12,13);;1H2/q;;+2;/p-2/t2*2-,3-,4+;;/m10../s1. The van der Waals surface area contributed by atoms with Gasteiger partial charge in [0.15, 0.2) is 0 Å². The van der Waals surface area contributed by atoms with Gasteiger partial charge in [-0.2, -0.15) is 0 Å². The van der Waals surface area contributed by atoms with Gasteiger partial charge in [0.1, 0.15) is 48.6 Å². The number of rotatable bonds is 10. The van der Waals surface area contributed by atoms with Crippen molar-refractivity contribution in [3.63, 3.8) is 0 Å². The number of carboxylic acids is 2. The van der Waals surface area contributed by atoms with Crippen molar-refractivity contribution in [1.82, 2.24) is 0 Å². The van der Waals surface area contributed by atoms with E-state index in [0.29, 0.717) is 0 Å². The molecule has 0 bridgehead atoms. The monoisotopic (exact) mass is 444 g/mol. The molecule has 0 amide bonds. The Hall–Kier alpha value is -0.820. The van der Waals surface area contributed by atoms with Gasteiger partial charge in [0.25, 0.3) is 0 Å². The molecule has 0 aliphatic heterocycles. The third-order valence-corrected chi connectivity index (χ3v) is 2.75. The first-order valence-corrected chi connectivity index (χ1v) is 6.63. The fourth-order valence-corrected chi connectivity index (χ4v) is 1.19. The summed E-state index contributed by atoms with van der Waals surface area (Å²) in [6, 6.07) is 0. The van der Waals surface area contributed by atoms with E-state index in [0.717, 1.165) is 0 Å². The van der Waals surface area contributed by atoms with E-state index in [1.54, 1.807) is 0 Å². The predicted molar refractivity (Wildman–Crippen MR) is 79.6 cm³/mol. The summed E-state index contributed by atoms with van der Waals surface area (Å²) in [4.78, 5) is 40.6. The molecule has 0 heterocycles. The first-order chi connectivity index (χ1) is 11.8. The number of Topliss-reactive ketones (excluding diaryl/α,β-unsaturated/α-hetero) is 2. The number of ketones is 2. The quantitative estimate of drug-likeness (QED) is 0.115. The van der Waals surface area contributed by atoms with Gasteiger partial charge in [-0.25, -0.2) is 0 Å². The van der Waals surface area contributed by atoms with Crippen LogP contribution in [0.3, 0.4) is 0 Å². The second-order valence-corrected chi connectivity index (χ2v) is 4.67. The molecule has 15 nitrogen and oxygen atoms in total. The molecule has 10 N–H and O–H groups in total. The molecular formula is C12H20CaO15. The number of aliphatic hydroxyl groups excluding tert-OH is 8. The van der Waals surface area contributed by atoms with Crippen LogP contribution in [0.25, 0.3) is 0 Å². The molecule has 0 rings (SSSR count). The zero-order chi connectivity index (χ0) is 21.2. The largest absolute Gasteiger partial charge is 2.00 e. The van der Waals surface area contributed by atoms with Crippen LogP contribution in [-0.2, 0) is 19.2 Å². The third kappa shape index (κ3) is 11.9. The molecule has 0 aliphatic carbocycles. The van der Waals surface area contributed by atoms with E-state index in [4.69, 9.17) is 40.9 Å². The fourth-order valence-electron chi connectivity index (χ4n) is 1.19. The average Bonchev–Trinajstić information content (AvgIpc) is 2.62. The Morgan fingerprint density at radius 2 is 0.857 bits per heavy atom. The van der Waals surface area contributed by atoms with Gasteiger partial charge in [0.05, 0.1) is 13.2 Å². The van der Waals surface area contributed by atoms with Gasteiger partial charge in [-0.15, -0.1) is 0 Å². The molecule has 0 radical (unpaired) electrons. The molecule has 0 aliphatic rings. The van der Waals surface area contributed by atoms with Gasteiger partial charge in [0, 0.05) is 0 Å². The predicted octanol–water partition coefficient (Wildman–Crippen LogP) is -10.4. The average molecular weight is 444 g/mol. The molecule has 0 saturated heterocycles. The Kier molecular flexibility index (Phi) is 21.1. The van der Waals surface area contributed by atoms with E-state index in [1.165, 1.54) is 0 Å². The van der Waals surface area contributed by atoms with Gasteiger partial charge in [-0.3, -0.25) is 9.59 Å². The van der Waals surface area contributed by atoms with E-state index >= 15 is 0 Å². The van der Waals surface area contributed by atoms with Crippen molar-refractivity contribution in [1.29, 1.82) is 0 Å². The first-order valence-electron chi connectivity index (χ1n) is 6.63. The molecule has 0 unspecified atom stereocenters. The van der Waals surface area contributed by atoms with Gasteiger partial charge < -0.3 is 66.1 Å². The minimum Gasteiger partial charge on any atom is -0.542 e. The summed E-state index contributed by atoms with van der Waals surface area (Å²) < 4.78 is 0. The number of aliphatic carboxylic acids is 2. The summed E-state index contributed by atoms with van der Waals surface area (Å²) in [6.07, 6.45) is -12.2. The number of carbonyl (C=O) groups excluding carboxylic acids is 4. The Balaban J connectivity index is -0.000000192. The molecule has 6 atom stereocenters. The fraction of sp³-hybridized carbons (Fsp3) is 0.667. The number of carbonyl (C=O) groups is 4. The molecule has 0 aromatic heterocycles. The van der Waals surface area contributed by atoms with E-state index in [-0.39, 0.29) is 43.2 Å². The van der Waals surface area contributed by atoms with E-state index in [1.807, 2.05) is 0 Å². The molecule has 28 heavy (non-hydrogen) atoms. The summed E-state index contributed by atoms with van der Waals surface area (Å²) >= 11 is 0. The van der Waals surface area contributed by atoms with Crippen molar-refractivity contribution in [2.45, 2.75) is 36.6 Å². The van der Waals surface area contributed by atoms with Crippen molar-refractivity contribution in [3.05, 3.63) is 0 Å². The van der Waals surface area contributed by atoms with Crippen molar-refractivity contribution < 1.29 is 75.7 Å². The normalized spacial score (nSPS) is 16.3. The minimum absolute atomic E-state index is 0. The van der Waals surface area contributed by atoms with Crippen molar-refractivity contribution in [2.24, 2.45) is 0 Å². The van der Waals surface area contributed by atoms with Crippen LogP contribution in [0.1, 0.15) is 0 Å². The molecule has 0 fully saturated rings. The van der Waals surface area contributed by atoms with Crippen molar-refractivity contribution in [3.8, 4) is 0 Å². The van der Waals surface area contributed by atoms with Crippen LogP contribution in [0.15, 0.2) is 0 Å². The van der Waals surface area contributed by atoms with Crippen LogP contribution >= 0.6 is 0 Å². The second kappa shape index (κ2) is 17.1. The summed E-state index contributed by atoms with van der Waals surface area (Å²) in [5, 5.41) is 88.9. The molecule has 0 saturated carbocycles. The van der Waals surface area contributed by atoms with Crippen LogP contribution in [0, 0.1) is 0 Å². The van der Waals surface area contributed by atoms with Gasteiger partial charge in [0.2, 0.25) is 11.6 Å². The zero-order valence-electron chi connectivity index (χ0n) is 14.1. The van der Waals surface area contributed by atoms with Gasteiger partial charge in [-0.1, -0.05) is 0 Å². The Morgan fingerprint density at radius 3 is 1.00 bits per heavy atom. The van der Waals surface area contributed by atoms with E-state index in [9.17, 15) is 29.4 Å². The smallest absolute Gasteiger partial charge is 0.542 e. The maximum absolute atomic E-state index is 10.4. The van der Waals surface area contributed by atoms with Crippen LogP contribution < -0.4 is 10.2 Å². The van der Waals surface area contributed by atoms with Crippen molar-refractivity contribution in [2.75, 3.05) is 13.2 Å². The van der Waals surface area contributed by atoms with E-state index < -0.39 is 73.3 Å². The molecule has 0 aromatic carbocycles. The topological polar surface area (TPSA) is 308 Å². The maximum Gasteiger partial charge on any atom is 2.00 e. The second-order valence-electron chi connectivity index (χ2n) is 4.67. The van der Waals surface area contributed by atoms with Crippen LogP contribution in [-0.4, -0.2) is 157 Å². The maximum atomic E-state index is 10.4. The Bertz CT molecular complexity index is 453. The third-order valence-electron chi connectivity index (χ3n) is 2.75. The summed E-state index contributed by atoms with van der Waals surface area (Å²) in [7, 11) is 0. The zero-order valence-corrected chi connectivity index (χ0v) is 16.3. The van der Waals surface area contributed by atoms with Crippen LogP contribution in [0.5, 0.6) is 0 Å². The number of hydrogen-bond donors (Lipinski definition) is 8. The summed E-state index contributed by atoms with van der Waals surface area (Å²) in [5.74, 6) is -7.84. The minimum atomic E-state index is -2.30. The Morgan fingerprint density at radius 1 is 0.643 bits per heavy atom. The van der Waals surface area contributed by atoms with Gasteiger partial charge >= 0.3 is 37.7 Å². The molecule has 0 aromatic rings.